The van der Waals surface area contributed by atoms with Crippen LogP contribution in [0.3, 0.4) is 0 Å². The topological polar surface area (TPSA) is 84.2 Å². The molecule has 0 aliphatic rings. The van der Waals surface area contributed by atoms with E-state index in [0.29, 0.717) is 18.0 Å². The molecule has 0 aliphatic heterocycles. The second-order valence-corrected chi connectivity index (χ2v) is 4.61. The van der Waals surface area contributed by atoms with E-state index in [1.807, 2.05) is 4.57 Å². The van der Waals surface area contributed by atoms with E-state index in [1.165, 1.54) is 12.1 Å². The summed E-state index contributed by atoms with van der Waals surface area (Å²) >= 11 is 0.966. The number of hydrogen-bond donors (Lipinski definition) is 2. The van der Waals surface area contributed by atoms with Crippen molar-refractivity contribution in [3.63, 3.8) is 0 Å². The van der Waals surface area contributed by atoms with Crippen LogP contribution in [0.25, 0.3) is 0 Å². The van der Waals surface area contributed by atoms with Gasteiger partial charge in [-0.05, 0) is 12.1 Å². The molecule has 18 heavy (non-hydrogen) atoms. The van der Waals surface area contributed by atoms with Crippen molar-refractivity contribution in [3.05, 3.63) is 40.6 Å². The second kappa shape index (κ2) is 5.46. The van der Waals surface area contributed by atoms with Crippen molar-refractivity contribution in [3.8, 4) is 0 Å². The first kappa shape index (κ1) is 12.3. The Morgan fingerprint density at radius 1 is 1.39 bits per heavy atom. The third-order valence-corrected chi connectivity index (χ3v) is 3.33. The molecule has 0 aliphatic carbocycles. The summed E-state index contributed by atoms with van der Waals surface area (Å²) in [7, 11) is 0. The fraction of sp³-hybridized carbons (Fsp3) is 0.182. The first-order valence-electron chi connectivity index (χ1n) is 5.24. The fourth-order valence-corrected chi connectivity index (χ4v) is 2.14. The molecule has 2 aromatic heterocycles. The van der Waals surface area contributed by atoms with Crippen LogP contribution in [-0.2, 0) is 6.54 Å². The van der Waals surface area contributed by atoms with Crippen LogP contribution >= 0.6 is 11.3 Å². The molecule has 0 bridgehead atoms. The van der Waals surface area contributed by atoms with Gasteiger partial charge < -0.3 is 15.0 Å². The van der Waals surface area contributed by atoms with Crippen LogP contribution in [0.4, 0.5) is 0 Å². The molecule has 2 aromatic rings. The van der Waals surface area contributed by atoms with Gasteiger partial charge >= 0.3 is 5.97 Å². The molecule has 0 spiro atoms. The van der Waals surface area contributed by atoms with Crippen molar-refractivity contribution in [2.75, 3.05) is 6.54 Å². The highest BCUT2D eigenvalue weighted by atomic mass is 32.1. The predicted octanol–water partition coefficient (Wildman–Crippen LogP) is 1.07. The summed E-state index contributed by atoms with van der Waals surface area (Å²) in [5, 5.41) is 11.5. The van der Waals surface area contributed by atoms with Gasteiger partial charge in [-0.1, -0.05) is 0 Å². The van der Waals surface area contributed by atoms with Gasteiger partial charge in [0, 0.05) is 25.5 Å². The number of carbonyl (C=O) groups excluding carboxylic acids is 1. The van der Waals surface area contributed by atoms with Crippen LogP contribution < -0.4 is 5.32 Å². The minimum Gasteiger partial charge on any atom is -0.477 e. The average Bonchev–Trinajstić information content (AvgIpc) is 2.99. The van der Waals surface area contributed by atoms with Crippen LogP contribution in [0.15, 0.2) is 30.9 Å². The molecule has 0 fully saturated rings. The summed E-state index contributed by atoms with van der Waals surface area (Å²) in [5.41, 5.74) is 0. The van der Waals surface area contributed by atoms with E-state index in [-0.39, 0.29) is 10.8 Å². The number of nitrogens with one attached hydrogen (secondary N) is 1. The summed E-state index contributed by atoms with van der Waals surface area (Å²) in [5.74, 6) is -1.27. The molecule has 0 unspecified atom stereocenters. The predicted molar refractivity (Wildman–Crippen MR) is 65.8 cm³/mol. The van der Waals surface area contributed by atoms with Gasteiger partial charge in [-0.2, -0.15) is 0 Å². The lowest BCUT2D eigenvalue weighted by atomic mass is 10.4. The number of nitrogens with zero attached hydrogens (tertiary/aromatic N) is 2. The van der Waals surface area contributed by atoms with Crippen LogP contribution in [0.2, 0.25) is 0 Å². The minimum absolute atomic E-state index is 0.162. The number of amides is 1. The Hall–Kier alpha value is -2.15. The zero-order valence-electron chi connectivity index (χ0n) is 9.37. The van der Waals surface area contributed by atoms with Crippen LogP contribution in [0, 0.1) is 0 Å². The molecule has 0 aromatic carbocycles. The Bertz CT molecular complexity index is 548. The number of aromatic nitrogens is 2. The maximum atomic E-state index is 11.7. The summed E-state index contributed by atoms with van der Waals surface area (Å²) < 4.78 is 1.84. The number of rotatable bonds is 5. The molecule has 7 heteroatoms. The summed E-state index contributed by atoms with van der Waals surface area (Å²) in [6, 6.07) is 2.94. The number of aromatic carboxylic acids is 1. The zero-order valence-corrected chi connectivity index (χ0v) is 10.2. The smallest absolute Gasteiger partial charge is 0.345 e. The maximum absolute atomic E-state index is 11.7. The molecule has 6 nitrogen and oxygen atoms in total. The Kier molecular flexibility index (Phi) is 3.73. The van der Waals surface area contributed by atoms with Crippen LogP contribution in [0.1, 0.15) is 19.3 Å². The van der Waals surface area contributed by atoms with Gasteiger partial charge in [0.2, 0.25) is 0 Å². The Morgan fingerprint density at radius 2 is 2.17 bits per heavy atom. The molecule has 0 saturated heterocycles. The lowest BCUT2D eigenvalue weighted by Crippen LogP contribution is -2.26. The third kappa shape index (κ3) is 2.95. The molecule has 0 saturated carbocycles. The third-order valence-electron chi connectivity index (χ3n) is 2.26. The number of imidazole rings is 1. The Balaban J connectivity index is 1.85. The van der Waals surface area contributed by atoms with Crippen LogP contribution in [-0.4, -0.2) is 33.1 Å². The van der Waals surface area contributed by atoms with Gasteiger partial charge in [0.15, 0.2) is 0 Å². The number of thiophene rings is 1. The lowest BCUT2D eigenvalue weighted by molar-refractivity contribution is 0.0702. The van der Waals surface area contributed by atoms with E-state index in [9.17, 15) is 9.59 Å². The van der Waals surface area contributed by atoms with Crippen molar-refractivity contribution in [2.45, 2.75) is 6.54 Å². The molecule has 2 rings (SSSR count). The van der Waals surface area contributed by atoms with Crippen molar-refractivity contribution >= 4 is 23.2 Å². The largest absolute Gasteiger partial charge is 0.477 e. The fourth-order valence-electron chi connectivity index (χ4n) is 1.38. The number of carboxylic acids is 1. The number of carbonyl (C=O) groups is 2. The summed E-state index contributed by atoms with van der Waals surface area (Å²) in [6.45, 7) is 1.10. The summed E-state index contributed by atoms with van der Waals surface area (Å²) in [4.78, 5) is 26.8. The highest BCUT2D eigenvalue weighted by Crippen LogP contribution is 2.15. The standard InChI is InChI=1S/C11H11N3O3S/c15-10(8-1-2-9(18-8)11(16)17)13-4-6-14-5-3-12-7-14/h1-3,5,7H,4,6H2,(H,13,15)(H,16,17). The van der Waals surface area contributed by atoms with E-state index in [0.717, 1.165) is 11.3 Å². The zero-order chi connectivity index (χ0) is 13.0. The molecule has 1 amide bonds. The first-order chi connectivity index (χ1) is 8.66. The number of carboxylic acid groups (broad SMARTS) is 1. The first-order valence-corrected chi connectivity index (χ1v) is 6.05. The highest BCUT2D eigenvalue weighted by Gasteiger charge is 2.12. The lowest BCUT2D eigenvalue weighted by Gasteiger charge is -2.03. The Morgan fingerprint density at radius 3 is 2.78 bits per heavy atom. The number of hydrogen-bond acceptors (Lipinski definition) is 4. The molecule has 2 heterocycles. The molecule has 0 atom stereocenters. The molecular formula is C11H11N3O3S. The quantitative estimate of drug-likeness (QED) is 0.847. The van der Waals surface area contributed by atoms with Gasteiger partial charge in [0.1, 0.15) is 4.88 Å². The van der Waals surface area contributed by atoms with Crippen molar-refractivity contribution in [1.82, 2.24) is 14.9 Å². The van der Waals surface area contributed by atoms with Crippen LogP contribution in [0.5, 0.6) is 0 Å². The van der Waals surface area contributed by atoms with E-state index >= 15 is 0 Å². The van der Waals surface area contributed by atoms with Gasteiger partial charge in [-0.3, -0.25) is 4.79 Å². The second-order valence-electron chi connectivity index (χ2n) is 3.53. The van der Waals surface area contributed by atoms with Gasteiger partial charge in [0.05, 0.1) is 11.2 Å². The molecular weight excluding hydrogens is 254 g/mol. The Labute approximate surface area is 107 Å². The van der Waals surface area contributed by atoms with E-state index in [1.54, 1.807) is 18.7 Å². The van der Waals surface area contributed by atoms with Crippen molar-refractivity contribution in [2.24, 2.45) is 0 Å². The van der Waals surface area contributed by atoms with Crippen molar-refractivity contribution < 1.29 is 14.7 Å². The normalized spacial score (nSPS) is 10.2. The minimum atomic E-state index is -1.02. The molecule has 0 radical (unpaired) electrons. The monoisotopic (exact) mass is 265 g/mol. The molecule has 2 N–H and O–H groups in total. The van der Waals surface area contributed by atoms with Gasteiger partial charge in [-0.15, -0.1) is 11.3 Å². The SMILES string of the molecule is O=C(O)c1ccc(C(=O)NCCn2ccnc2)s1. The molecule has 94 valence electrons. The van der Waals surface area contributed by atoms with Gasteiger partial charge in [0.25, 0.3) is 5.91 Å². The average molecular weight is 265 g/mol. The highest BCUT2D eigenvalue weighted by molar-refractivity contribution is 7.15. The van der Waals surface area contributed by atoms with E-state index < -0.39 is 5.97 Å². The van der Waals surface area contributed by atoms with Crippen molar-refractivity contribution in [1.29, 1.82) is 0 Å². The van der Waals surface area contributed by atoms with E-state index in [2.05, 4.69) is 10.3 Å². The summed E-state index contributed by atoms with van der Waals surface area (Å²) in [6.07, 6.45) is 5.14. The van der Waals surface area contributed by atoms with Gasteiger partial charge in [-0.25, -0.2) is 9.78 Å². The van der Waals surface area contributed by atoms with E-state index in [4.69, 9.17) is 5.11 Å². The maximum Gasteiger partial charge on any atom is 0.345 e.